The fourth-order valence-electron chi connectivity index (χ4n) is 2.37. The molecule has 0 bridgehead atoms. The molecule has 2 atom stereocenters. The van der Waals surface area contributed by atoms with Crippen molar-refractivity contribution in [3.63, 3.8) is 0 Å². The monoisotopic (exact) mass is 225 g/mol. The van der Waals surface area contributed by atoms with Crippen LogP contribution in [0.5, 0.6) is 0 Å². The van der Waals surface area contributed by atoms with Crippen LogP contribution < -0.4 is 16.8 Å². The molecule has 0 aromatic carbocycles. The molecule has 1 fully saturated rings. The highest BCUT2D eigenvalue weighted by Gasteiger charge is 2.48. The molecule has 92 valence electrons. The van der Waals surface area contributed by atoms with Crippen molar-refractivity contribution in [2.75, 3.05) is 26.2 Å². The van der Waals surface area contributed by atoms with E-state index in [2.05, 4.69) is 16.3 Å². The second kappa shape index (κ2) is 5.11. The molecule has 1 aliphatic rings. The number of nitrogens with two attached hydrogens (primary N) is 2. The van der Waals surface area contributed by atoms with E-state index in [1.807, 2.05) is 13.8 Å². The molecule has 5 heteroatoms. The molecular formula is C11H23N5. The molecule has 0 aromatic heterocycles. The summed E-state index contributed by atoms with van der Waals surface area (Å²) in [4.78, 5) is 2.15. The van der Waals surface area contributed by atoms with E-state index in [1.165, 1.54) is 0 Å². The Morgan fingerprint density at radius 2 is 1.81 bits per heavy atom. The zero-order chi connectivity index (χ0) is 12.2. The molecule has 1 aliphatic heterocycles. The van der Waals surface area contributed by atoms with Gasteiger partial charge in [-0.2, -0.15) is 5.26 Å². The van der Waals surface area contributed by atoms with Crippen molar-refractivity contribution in [2.24, 2.45) is 11.5 Å². The minimum Gasteiger partial charge on any atom is -0.314 e. The van der Waals surface area contributed by atoms with Gasteiger partial charge in [0.1, 0.15) is 11.2 Å². The molecule has 5 nitrogen and oxygen atoms in total. The van der Waals surface area contributed by atoms with Crippen LogP contribution in [-0.2, 0) is 0 Å². The van der Waals surface area contributed by atoms with Gasteiger partial charge in [0.2, 0.25) is 0 Å². The normalized spacial score (nSPS) is 25.4. The van der Waals surface area contributed by atoms with E-state index in [0.29, 0.717) is 12.8 Å². The highest BCUT2D eigenvalue weighted by molar-refractivity contribution is 5.18. The lowest BCUT2D eigenvalue weighted by Crippen LogP contribution is -2.74. The van der Waals surface area contributed by atoms with Gasteiger partial charge in [0.05, 0.1) is 6.07 Å². The zero-order valence-electron chi connectivity index (χ0n) is 10.3. The summed E-state index contributed by atoms with van der Waals surface area (Å²) in [6, 6.07) is 2.21. The average Bonchev–Trinajstić information content (AvgIpc) is 2.37. The lowest BCUT2D eigenvalue weighted by atomic mass is 9.80. The van der Waals surface area contributed by atoms with E-state index in [1.54, 1.807) is 0 Å². The number of rotatable bonds is 4. The molecule has 0 aliphatic carbocycles. The van der Waals surface area contributed by atoms with Crippen LogP contribution in [0.1, 0.15) is 26.7 Å². The summed E-state index contributed by atoms with van der Waals surface area (Å²) in [5.74, 6) is 0. The predicted molar refractivity (Wildman–Crippen MR) is 64.5 cm³/mol. The molecule has 1 rings (SSSR count). The maximum Gasteiger partial charge on any atom is 0.135 e. The van der Waals surface area contributed by atoms with E-state index in [9.17, 15) is 5.26 Å². The summed E-state index contributed by atoms with van der Waals surface area (Å²) in [6.07, 6.45) is 1.25. The van der Waals surface area contributed by atoms with Crippen LogP contribution in [0.2, 0.25) is 0 Å². The number of hydrogen-bond donors (Lipinski definition) is 3. The van der Waals surface area contributed by atoms with Gasteiger partial charge < -0.3 is 16.8 Å². The van der Waals surface area contributed by atoms with Crippen LogP contribution in [0.4, 0.5) is 0 Å². The molecule has 5 N–H and O–H groups in total. The molecular weight excluding hydrogens is 202 g/mol. The van der Waals surface area contributed by atoms with Gasteiger partial charge in [0, 0.05) is 26.2 Å². The minimum absolute atomic E-state index is 0.567. The fraction of sp³-hybridized carbons (Fsp3) is 0.909. The first-order valence-corrected chi connectivity index (χ1v) is 5.99. The third-order valence-corrected chi connectivity index (χ3v) is 3.75. The first-order chi connectivity index (χ1) is 7.54. The van der Waals surface area contributed by atoms with E-state index in [-0.39, 0.29) is 0 Å². The average molecular weight is 225 g/mol. The lowest BCUT2D eigenvalue weighted by Gasteiger charge is -2.49. The number of piperazine rings is 1. The topological polar surface area (TPSA) is 91.1 Å². The van der Waals surface area contributed by atoms with Gasteiger partial charge in [-0.1, -0.05) is 13.8 Å². The second-order valence-electron chi connectivity index (χ2n) is 4.45. The van der Waals surface area contributed by atoms with Crippen molar-refractivity contribution in [1.82, 2.24) is 10.2 Å². The maximum absolute atomic E-state index is 9.29. The molecule has 1 saturated heterocycles. The van der Waals surface area contributed by atoms with Gasteiger partial charge >= 0.3 is 0 Å². The SMILES string of the molecule is CCC(N)(C#N)C(N)(CC)N1CCNCC1. The third-order valence-electron chi connectivity index (χ3n) is 3.75. The Kier molecular flexibility index (Phi) is 4.28. The van der Waals surface area contributed by atoms with Crippen LogP contribution in [0, 0.1) is 11.3 Å². The van der Waals surface area contributed by atoms with Gasteiger partial charge in [0.15, 0.2) is 0 Å². The Morgan fingerprint density at radius 1 is 1.25 bits per heavy atom. The first-order valence-electron chi connectivity index (χ1n) is 5.99. The Morgan fingerprint density at radius 3 is 2.19 bits per heavy atom. The molecule has 0 spiro atoms. The van der Waals surface area contributed by atoms with Crippen molar-refractivity contribution in [1.29, 1.82) is 5.26 Å². The van der Waals surface area contributed by atoms with Crippen LogP contribution in [-0.4, -0.2) is 42.3 Å². The number of hydrogen-bond acceptors (Lipinski definition) is 5. The van der Waals surface area contributed by atoms with Gasteiger partial charge in [-0.3, -0.25) is 4.90 Å². The summed E-state index contributed by atoms with van der Waals surface area (Å²) >= 11 is 0. The highest BCUT2D eigenvalue weighted by atomic mass is 15.3. The Bertz CT molecular complexity index is 268. The fourth-order valence-corrected chi connectivity index (χ4v) is 2.37. The van der Waals surface area contributed by atoms with Crippen LogP contribution in [0.15, 0.2) is 0 Å². The Labute approximate surface area is 97.8 Å². The third kappa shape index (κ3) is 2.06. The largest absolute Gasteiger partial charge is 0.314 e. The van der Waals surface area contributed by atoms with Gasteiger partial charge in [-0.25, -0.2) is 0 Å². The lowest BCUT2D eigenvalue weighted by molar-refractivity contribution is 0.0245. The second-order valence-corrected chi connectivity index (χ2v) is 4.45. The van der Waals surface area contributed by atoms with E-state index in [0.717, 1.165) is 26.2 Å². The molecule has 16 heavy (non-hydrogen) atoms. The minimum atomic E-state index is -0.973. The summed E-state index contributed by atoms with van der Waals surface area (Å²) in [7, 11) is 0. The molecule has 0 saturated carbocycles. The summed E-state index contributed by atoms with van der Waals surface area (Å²) < 4.78 is 0. The van der Waals surface area contributed by atoms with Crippen LogP contribution >= 0.6 is 0 Å². The van der Waals surface area contributed by atoms with E-state index in [4.69, 9.17) is 11.5 Å². The number of nitrogens with zero attached hydrogens (tertiary/aromatic N) is 2. The van der Waals surface area contributed by atoms with Crippen molar-refractivity contribution < 1.29 is 0 Å². The van der Waals surface area contributed by atoms with E-state index < -0.39 is 11.2 Å². The molecule has 0 radical (unpaired) electrons. The number of nitriles is 1. The van der Waals surface area contributed by atoms with Crippen molar-refractivity contribution in [3.05, 3.63) is 0 Å². The maximum atomic E-state index is 9.29. The molecule has 2 unspecified atom stereocenters. The van der Waals surface area contributed by atoms with Crippen molar-refractivity contribution >= 4 is 0 Å². The molecule has 0 amide bonds. The van der Waals surface area contributed by atoms with Gasteiger partial charge in [0.25, 0.3) is 0 Å². The zero-order valence-corrected chi connectivity index (χ0v) is 10.3. The summed E-state index contributed by atoms with van der Waals surface area (Å²) in [6.45, 7) is 7.43. The van der Waals surface area contributed by atoms with Crippen LogP contribution in [0.25, 0.3) is 0 Å². The van der Waals surface area contributed by atoms with Crippen molar-refractivity contribution in [3.8, 4) is 6.07 Å². The molecule has 0 aromatic rings. The smallest absolute Gasteiger partial charge is 0.135 e. The van der Waals surface area contributed by atoms with Crippen molar-refractivity contribution in [2.45, 2.75) is 37.9 Å². The first kappa shape index (κ1) is 13.4. The number of nitrogens with one attached hydrogen (secondary N) is 1. The predicted octanol–water partition coefficient (Wildman–Crippen LogP) is -0.412. The molecule has 1 heterocycles. The Hall–Kier alpha value is -0.670. The highest BCUT2D eigenvalue weighted by Crippen LogP contribution is 2.28. The van der Waals surface area contributed by atoms with Gasteiger partial charge in [-0.15, -0.1) is 0 Å². The van der Waals surface area contributed by atoms with Crippen LogP contribution in [0.3, 0.4) is 0 Å². The van der Waals surface area contributed by atoms with E-state index >= 15 is 0 Å². The summed E-state index contributed by atoms with van der Waals surface area (Å²) in [5.41, 5.74) is 10.9. The summed E-state index contributed by atoms with van der Waals surface area (Å²) in [5, 5.41) is 12.6. The van der Waals surface area contributed by atoms with Gasteiger partial charge in [-0.05, 0) is 12.8 Å². The standard InChI is InChI=1S/C11H23N5/c1-3-10(13,9-12)11(14,4-2)16-7-5-15-6-8-16/h15H,3-8,13-14H2,1-2H3. The quantitative estimate of drug-likeness (QED) is 0.605. The Balaban J connectivity index is 2.95.